The van der Waals surface area contributed by atoms with Crippen LogP contribution in [0.15, 0.2) is 207 Å². The molecule has 11 aromatic rings. The van der Waals surface area contributed by atoms with Crippen LogP contribution in [-0.2, 0) is 5.41 Å². The minimum absolute atomic E-state index is 0.170. The van der Waals surface area contributed by atoms with Crippen molar-refractivity contribution in [1.82, 2.24) is 19.9 Å². The van der Waals surface area contributed by atoms with Crippen LogP contribution in [0.3, 0.4) is 0 Å². The zero-order chi connectivity index (χ0) is 42.1. The summed E-state index contributed by atoms with van der Waals surface area (Å²) >= 11 is 0. The summed E-state index contributed by atoms with van der Waals surface area (Å²) in [6.07, 6.45) is 5.47. The molecule has 0 atom stereocenters. The Bertz CT molecular complexity index is 3690. The topological polar surface area (TPSA) is 51.6 Å². The molecule has 1 aliphatic rings. The molecule has 0 fully saturated rings. The maximum absolute atomic E-state index is 5.34. The highest BCUT2D eigenvalue weighted by Gasteiger charge is 2.35. The summed E-state index contributed by atoms with van der Waals surface area (Å²) in [6, 6.07) is 68.0. The molecule has 0 saturated carbocycles. The third-order valence-electron chi connectivity index (χ3n) is 13.0. The average molecular weight is 805 g/mol. The molecule has 0 spiro atoms. The van der Waals surface area contributed by atoms with Crippen LogP contribution in [-0.4, -0.2) is 19.9 Å². The van der Waals surface area contributed by atoms with E-state index in [2.05, 4.69) is 183 Å². The fraction of sp³-hybridized carbons (Fsp3) is 0.0508. The first-order valence-electron chi connectivity index (χ1n) is 21.5. The van der Waals surface area contributed by atoms with Crippen LogP contribution in [0.2, 0.25) is 0 Å². The third kappa shape index (κ3) is 6.06. The molecule has 0 unspecified atom stereocenters. The fourth-order valence-corrected chi connectivity index (χ4v) is 9.91. The van der Waals surface area contributed by atoms with Gasteiger partial charge in [-0.15, -0.1) is 0 Å². The summed E-state index contributed by atoms with van der Waals surface area (Å²) in [5.41, 5.74) is 11.5. The van der Waals surface area contributed by atoms with Crippen LogP contribution in [0.4, 0.5) is 0 Å². The molecule has 3 heterocycles. The van der Waals surface area contributed by atoms with Crippen molar-refractivity contribution in [2.45, 2.75) is 19.3 Å². The van der Waals surface area contributed by atoms with Gasteiger partial charge in [-0.2, -0.15) is 0 Å². The van der Waals surface area contributed by atoms with E-state index in [1.807, 2.05) is 36.7 Å². The van der Waals surface area contributed by atoms with Gasteiger partial charge in [0, 0.05) is 46.3 Å². The molecule has 0 bridgehead atoms. The second-order valence-corrected chi connectivity index (χ2v) is 17.0. The standard InChI is InChI=1S/C59H40N4/c1-59(2)53-25-13-12-24-48(53)52-32-50-49-31-38(57-34-56(37-15-4-3-5-16-37)62-58(63-57)40-27-29-55(61-36-40)39-17-14-30-60-35-39)26-28-47(49)45-22-9-8-20-43(45)41-18-6-7-19-42(41)44-21-10-11-23-46(44)51(50)33-54(52)59/h3-36H,1-2H3. The number of nitrogens with zero attached hydrogens (tertiary/aromatic N) is 4. The minimum Gasteiger partial charge on any atom is -0.264 e. The van der Waals surface area contributed by atoms with Gasteiger partial charge in [0.1, 0.15) is 0 Å². The lowest BCUT2D eigenvalue weighted by molar-refractivity contribution is 0.661. The smallest absolute Gasteiger partial charge is 0.161 e. The third-order valence-corrected chi connectivity index (χ3v) is 13.0. The Morgan fingerprint density at radius 1 is 0.333 bits per heavy atom. The zero-order valence-corrected chi connectivity index (χ0v) is 34.9. The van der Waals surface area contributed by atoms with E-state index < -0.39 is 0 Å². The number of hydrogen-bond acceptors (Lipinski definition) is 4. The fourth-order valence-electron chi connectivity index (χ4n) is 9.91. The normalized spacial score (nSPS) is 12.7. The molecule has 4 nitrogen and oxygen atoms in total. The minimum atomic E-state index is -0.170. The highest BCUT2D eigenvalue weighted by atomic mass is 14.9. The van der Waals surface area contributed by atoms with Crippen LogP contribution < -0.4 is 0 Å². The van der Waals surface area contributed by atoms with E-state index in [9.17, 15) is 0 Å². The molecule has 63 heavy (non-hydrogen) atoms. The van der Waals surface area contributed by atoms with Gasteiger partial charge < -0.3 is 0 Å². The highest BCUT2D eigenvalue weighted by Crippen LogP contribution is 2.51. The highest BCUT2D eigenvalue weighted by molar-refractivity contribution is 6.27. The van der Waals surface area contributed by atoms with Gasteiger partial charge in [0.25, 0.3) is 0 Å². The number of benzene rings is 7. The maximum Gasteiger partial charge on any atom is 0.161 e. The van der Waals surface area contributed by atoms with Crippen LogP contribution in [0, 0.1) is 0 Å². The van der Waals surface area contributed by atoms with E-state index in [1.165, 1.54) is 70.7 Å². The van der Waals surface area contributed by atoms with Crippen molar-refractivity contribution in [3.8, 4) is 56.3 Å². The van der Waals surface area contributed by atoms with Gasteiger partial charge >= 0.3 is 0 Å². The molecule has 0 N–H and O–H groups in total. The molecule has 8 aromatic carbocycles. The molecule has 296 valence electrons. The van der Waals surface area contributed by atoms with Crippen molar-refractivity contribution in [3.05, 3.63) is 218 Å². The van der Waals surface area contributed by atoms with Gasteiger partial charge in [-0.05, 0) is 125 Å². The summed E-state index contributed by atoms with van der Waals surface area (Å²) in [6.45, 7) is 4.74. The Balaban J connectivity index is 1.21. The van der Waals surface area contributed by atoms with Gasteiger partial charge in [0.15, 0.2) is 5.82 Å². The molecule has 12 rings (SSSR count). The quantitative estimate of drug-likeness (QED) is 0.178. The van der Waals surface area contributed by atoms with E-state index >= 15 is 0 Å². The van der Waals surface area contributed by atoms with Crippen LogP contribution in [0.25, 0.3) is 110 Å². The monoisotopic (exact) mass is 804 g/mol. The second kappa shape index (κ2) is 14.5. The second-order valence-electron chi connectivity index (χ2n) is 17.0. The van der Waals surface area contributed by atoms with Crippen molar-refractivity contribution in [2.75, 3.05) is 0 Å². The van der Waals surface area contributed by atoms with Crippen molar-refractivity contribution >= 4 is 53.9 Å². The molecule has 0 amide bonds. The summed E-state index contributed by atoms with van der Waals surface area (Å²) in [4.78, 5) is 19.6. The van der Waals surface area contributed by atoms with Gasteiger partial charge in [0.05, 0.1) is 17.1 Å². The Kier molecular flexibility index (Phi) is 8.48. The number of fused-ring (bicyclic) bond motifs is 13. The van der Waals surface area contributed by atoms with E-state index in [0.717, 1.165) is 44.7 Å². The Morgan fingerprint density at radius 2 is 0.873 bits per heavy atom. The first-order valence-corrected chi connectivity index (χ1v) is 21.5. The average Bonchev–Trinajstić information content (AvgIpc) is 3.58. The van der Waals surface area contributed by atoms with E-state index in [-0.39, 0.29) is 5.41 Å². The van der Waals surface area contributed by atoms with Crippen LogP contribution in [0.1, 0.15) is 25.0 Å². The largest absolute Gasteiger partial charge is 0.264 e. The van der Waals surface area contributed by atoms with Gasteiger partial charge in [-0.1, -0.05) is 153 Å². The Labute approximate surface area is 365 Å². The summed E-state index contributed by atoms with van der Waals surface area (Å²) < 4.78 is 0. The summed E-state index contributed by atoms with van der Waals surface area (Å²) in [5.74, 6) is 0.615. The molecule has 0 radical (unpaired) electrons. The lowest BCUT2D eigenvalue weighted by Gasteiger charge is -2.22. The first kappa shape index (κ1) is 36.7. The molecule has 3 aromatic heterocycles. The predicted molar refractivity (Wildman–Crippen MR) is 262 cm³/mol. The van der Waals surface area contributed by atoms with E-state index in [0.29, 0.717) is 5.82 Å². The number of pyridine rings is 2. The number of aromatic nitrogens is 4. The number of hydrogen-bond donors (Lipinski definition) is 0. The van der Waals surface area contributed by atoms with E-state index in [4.69, 9.17) is 15.0 Å². The van der Waals surface area contributed by atoms with Crippen LogP contribution >= 0.6 is 0 Å². The van der Waals surface area contributed by atoms with Gasteiger partial charge in [0.2, 0.25) is 0 Å². The molecular weight excluding hydrogens is 765 g/mol. The lowest BCUT2D eigenvalue weighted by Crippen LogP contribution is -2.14. The van der Waals surface area contributed by atoms with Crippen molar-refractivity contribution in [2.24, 2.45) is 0 Å². The first-order chi connectivity index (χ1) is 31.0. The summed E-state index contributed by atoms with van der Waals surface area (Å²) in [7, 11) is 0. The van der Waals surface area contributed by atoms with E-state index in [1.54, 1.807) is 6.20 Å². The predicted octanol–water partition coefficient (Wildman–Crippen LogP) is 15.1. The van der Waals surface area contributed by atoms with Gasteiger partial charge in [-0.25, -0.2) is 9.97 Å². The van der Waals surface area contributed by atoms with Crippen molar-refractivity contribution in [1.29, 1.82) is 0 Å². The molecule has 0 saturated heterocycles. The van der Waals surface area contributed by atoms with Crippen molar-refractivity contribution < 1.29 is 0 Å². The zero-order valence-electron chi connectivity index (χ0n) is 34.9. The lowest BCUT2D eigenvalue weighted by atomic mass is 9.81. The number of rotatable bonds is 4. The molecular formula is C59H40N4. The summed E-state index contributed by atoms with van der Waals surface area (Å²) in [5, 5.41) is 12.0. The molecule has 0 aliphatic heterocycles. The van der Waals surface area contributed by atoms with Gasteiger partial charge in [-0.3, -0.25) is 9.97 Å². The van der Waals surface area contributed by atoms with Crippen molar-refractivity contribution in [3.63, 3.8) is 0 Å². The molecule has 4 heteroatoms. The molecule has 1 aliphatic carbocycles. The Morgan fingerprint density at radius 3 is 1.51 bits per heavy atom. The SMILES string of the molecule is CC1(C)c2ccccc2-c2cc3c4cc(-c5cc(-c6ccccc6)nc(-c6ccc(-c7cccnc7)nc6)n5)ccc4c4ccccc4c4ccccc4c4ccccc4c3cc21. The van der Waals surface area contributed by atoms with Crippen LogP contribution in [0.5, 0.6) is 0 Å². The Hall–Kier alpha value is -8.08. The maximum atomic E-state index is 5.34.